The first-order valence-electron chi connectivity index (χ1n) is 12.7. The van der Waals surface area contributed by atoms with Crippen molar-refractivity contribution in [2.45, 2.75) is 57.0 Å². The van der Waals surface area contributed by atoms with E-state index in [4.69, 9.17) is 15.2 Å². The summed E-state index contributed by atoms with van der Waals surface area (Å²) in [6.07, 6.45) is -9.17. The van der Waals surface area contributed by atoms with Crippen LogP contribution < -0.4 is 5.73 Å². The number of likely N-dealkylation sites (tertiary alicyclic amines) is 1. The Bertz CT molecular complexity index is 1200. The van der Waals surface area contributed by atoms with Crippen LogP contribution in [0.2, 0.25) is 0 Å². The molecule has 2 aromatic carbocycles. The van der Waals surface area contributed by atoms with E-state index in [0.717, 1.165) is 4.90 Å². The Morgan fingerprint density at radius 1 is 1.05 bits per heavy atom. The molecule has 2 aliphatic heterocycles. The van der Waals surface area contributed by atoms with Crippen molar-refractivity contribution < 1.29 is 45.0 Å². The highest BCUT2D eigenvalue weighted by Crippen LogP contribution is 2.41. The van der Waals surface area contributed by atoms with E-state index in [1.807, 2.05) is 0 Å². The number of urea groups is 1. The number of rotatable bonds is 5. The second-order valence-corrected chi connectivity index (χ2v) is 10.4. The molecule has 2 heterocycles. The van der Waals surface area contributed by atoms with E-state index in [9.17, 15) is 35.5 Å². The normalized spacial score (nSPS) is 22.6. The van der Waals surface area contributed by atoms with Gasteiger partial charge in [0, 0.05) is 26.6 Å². The van der Waals surface area contributed by atoms with Gasteiger partial charge < -0.3 is 25.0 Å². The molecule has 220 valence electrons. The standard InChI is InChI=1S/C27H30F7N3O3/c1-16-9-21(28)3-4-22(16)25(35)14-17(12-23-39-7-8-40-23)5-6-37(25)24(38)36(2)15-18-10-19(26(29,30)31)13-20(11-18)27(32,33)34/h3-4,9-11,13,17,23H,5-8,12,14-15,35H2,1-2H3. The minimum absolute atomic E-state index is 0.0373. The molecular weight excluding hydrogens is 547 g/mol. The van der Waals surface area contributed by atoms with Gasteiger partial charge in [0.1, 0.15) is 11.5 Å². The van der Waals surface area contributed by atoms with E-state index < -0.39 is 53.8 Å². The third-order valence-corrected chi connectivity index (χ3v) is 7.34. The summed E-state index contributed by atoms with van der Waals surface area (Å²) in [4.78, 5) is 16.1. The third-order valence-electron chi connectivity index (χ3n) is 7.34. The zero-order valence-corrected chi connectivity index (χ0v) is 21.9. The first-order chi connectivity index (χ1) is 18.6. The molecule has 2 atom stereocenters. The predicted molar refractivity (Wildman–Crippen MR) is 130 cm³/mol. The number of nitrogens with two attached hydrogens (primary N) is 1. The zero-order chi connectivity index (χ0) is 29.5. The highest BCUT2D eigenvalue weighted by molar-refractivity contribution is 5.75. The van der Waals surface area contributed by atoms with Crippen molar-refractivity contribution >= 4 is 6.03 Å². The molecule has 0 aliphatic carbocycles. The molecule has 2 N–H and O–H groups in total. The summed E-state index contributed by atoms with van der Waals surface area (Å²) in [5.41, 5.74) is 3.17. The first-order valence-corrected chi connectivity index (χ1v) is 12.7. The fourth-order valence-corrected chi connectivity index (χ4v) is 5.47. The minimum Gasteiger partial charge on any atom is -0.350 e. The van der Waals surface area contributed by atoms with Crippen LogP contribution in [0.5, 0.6) is 0 Å². The van der Waals surface area contributed by atoms with Crippen molar-refractivity contribution in [2.75, 3.05) is 26.8 Å². The van der Waals surface area contributed by atoms with Crippen LogP contribution in [0.1, 0.15) is 47.1 Å². The largest absolute Gasteiger partial charge is 0.416 e. The number of ether oxygens (including phenoxy) is 2. The maximum atomic E-state index is 13.9. The van der Waals surface area contributed by atoms with Crippen LogP contribution >= 0.6 is 0 Å². The summed E-state index contributed by atoms with van der Waals surface area (Å²) in [7, 11) is 1.28. The maximum absolute atomic E-state index is 13.9. The highest BCUT2D eigenvalue weighted by atomic mass is 19.4. The van der Waals surface area contributed by atoms with Gasteiger partial charge in [-0.3, -0.25) is 0 Å². The number of halogens is 7. The molecule has 2 aromatic rings. The number of hydrogen-bond donors (Lipinski definition) is 1. The van der Waals surface area contributed by atoms with Crippen LogP contribution in [0.25, 0.3) is 0 Å². The number of amides is 2. The van der Waals surface area contributed by atoms with E-state index in [0.29, 0.717) is 49.3 Å². The smallest absolute Gasteiger partial charge is 0.350 e. The SMILES string of the molecule is Cc1cc(F)ccc1C1(N)CC(CC2OCCO2)CCN1C(=O)N(C)Cc1cc(C(F)(F)F)cc(C(F)(F)F)c1. The van der Waals surface area contributed by atoms with Crippen LogP contribution in [-0.4, -0.2) is 48.9 Å². The Kier molecular flexibility index (Phi) is 8.40. The Balaban J connectivity index is 1.63. The minimum atomic E-state index is -5.01. The van der Waals surface area contributed by atoms with Gasteiger partial charge in [-0.1, -0.05) is 6.07 Å². The van der Waals surface area contributed by atoms with Crippen molar-refractivity contribution in [1.29, 1.82) is 0 Å². The molecule has 40 heavy (non-hydrogen) atoms. The quantitative estimate of drug-likeness (QED) is 0.442. The number of benzene rings is 2. The predicted octanol–water partition coefficient (Wildman–Crippen LogP) is 6.01. The van der Waals surface area contributed by atoms with Gasteiger partial charge in [-0.15, -0.1) is 0 Å². The number of hydrogen-bond acceptors (Lipinski definition) is 4. The fourth-order valence-electron chi connectivity index (χ4n) is 5.47. The number of alkyl halides is 6. The lowest BCUT2D eigenvalue weighted by molar-refractivity contribution is -0.143. The zero-order valence-electron chi connectivity index (χ0n) is 21.9. The molecule has 2 fully saturated rings. The van der Waals surface area contributed by atoms with Crippen molar-refractivity contribution in [2.24, 2.45) is 11.7 Å². The molecule has 0 aromatic heterocycles. The van der Waals surface area contributed by atoms with Gasteiger partial charge in [0.15, 0.2) is 6.29 Å². The van der Waals surface area contributed by atoms with Crippen molar-refractivity contribution in [1.82, 2.24) is 9.80 Å². The summed E-state index contributed by atoms with van der Waals surface area (Å²) >= 11 is 0. The first kappa shape index (κ1) is 30.1. The van der Waals surface area contributed by atoms with Crippen LogP contribution in [0.4, 0.5) is 35.5 Å². The lowest BCUT2D eigenvalue weighted by Gasteiger charge is -2.49. The molecule has 4 rings (SSSR count). The van der Waals surface area contributed by atoms with Crippen LogP contribution in [-0.2, 0) is 34.0 Å². The molecule has 2 unspecified atom stereocenters. The monoisotopic (exact) mass is 577 g/mol. The number of piperidine rings is 1. The topological polar surface area (TPSA) is 68.0 Å². The molecule has 0 radical (unpaired) electrons. The number of carbonyl (C=O) groups is 1. The van der Waals surface area contributed by atoms with E-state index in [1.165, 1.54) is 30.1 Å². The number of carbonyl (C=O) groups excluding carboxylic acids is 1. The highest BCUT2D eigenvalue weighted by Gasteiger charge is 2.46. The van der Waals surface area contributed by atoms with Gasteiger partial charge in [-0.25, -0.2) is 9.18 Å². The second-order valence-electron chi connectivity index (χ2n) is 10.4. The van der Waals surface area contributed by atoms with Crippen molar-refractivity contribution in [3.63, 3.8) is 0 Å². The van der Waals surface area contributed by atoms with Gasteiger partial charge in [0.2, 0.25) is 0 Å². The molecular formula is C27H30F7N3O3. The summed E-state index contributed by atoms with van der Waals surface area (Å²) in [6, 6.07) is 4.51. The molecule has 13 heteroatoms. The van der Waals surface area contributed by atoms with Crippen molar-refractivity contribution in [3.8, 4) is 0 Å². The number of aryl methyl sites for hydroxylation is 1. The molecule has 2 amide bonds. The lowest BCUT2D eigenvalue weighted by atomic mass is 9.79. The summed E-state index contributed by atoms with van der Waals surface area (Å²) in [5.74, 6) is -0.533. The fraction of sp³-hybridized carbons (Fsp3) is 0.519. The van der Waals surface area contributed by atoms with Crippen LogP contribution in [0.3, 0.4) is 0 Å². The molecule has 2 saturated heterocycles. The van der Waals surface area contributed by atoms with Crippen molar-refractivity contribution in [3.05, 3.63) is 70.0 Å². The second kappa shape index (κ2) is 11.2. The number of nitrogens with zero attached hydrogens (tertiary/aromatic N) is 2. The maximum Gasteiger partial charge on any atom is 0.416 e. The van der Waals surface area contributed by atoms with E-state index in [-0.39, 0.29) is 30.5 Å². The van der Waals surface area contributed by atoms with E-state index in [1.54, 1.807) is 6.92 Å². The van der Waals surface area contributed by atoms with Crippen LogP contribution in [0.15, 0.2) is 36.4 Å². The Morgan fingerprint density at radius 2 is 1.65 bits per heavy atom. The molecule has 0 saturated carbocycles. The van der Waals surface area contributed by atoms with Gasteiger partial charge >= 0.3 is 18.4 Å². The Labute approximate surface area is 226 Å². The summed E-state index contributed by atoms with van der Waals surface area (Å²) < 4.78 is 105. The molecule has 6 nitrogen and oxygen atoms in total. The van der Waals surface area contributed by atoms with Crippen LogP contribution in [0, 0.1) is 18.7 Å². The average Bonchev–Trinajstić information content (AvgIpc) is 3.35. The molecule has 0 spiro atoms. The van der Waals surface area contributed by atoms with Gasteiger partial charge in [0.25, 0.3) is 0 Å². The van der Waals surface area contributed by atoms with Gasteiger partial charge in [0.05, 0.1) is 24.3 Å². The Hall–Kier alpha value is -2.90. The summed E-state index contributed by atoms with van der Waals surface area (Å²) in [6.45, 7) is 2.18. The lowest BCUT2D eigenvalue weighted by Crippen LogP contribution is -2.62. The summed E-state index contributed by atoms with van der Waals surface area (Å²) in [5, 5.41) is 0. The molecule has 0 bridgehead atoms. The van der Waals surface area contributed by atoms with E-state index in [2.05, 4.69) is 0 Å². The third kappa shape index (κ3) is 6.52. The van der Waals surface area contributed by atoms with Gasteiger partial charge in [-0.2, -0.15) is 26.3 Å². The van der Waals surface area contributed by atoms with E-state index >= 15 is 0 Å². The molecule has 2 aliphatic rings. The Morgan fingerprint density at radius 3 is 2.20 bits per heavy atom. The average molecular weight is 578 g/mol. The van der Waals surface area contributed by atoms with Gasteiger partial charge in [-0.05, 0) is 72.7 Å².